The Morgan fingerprint density at radius 2 is 1.89 bits per heavy atom. The van der Waals surface area contributed by atoms with Gasteiger partial charge in [-0.3, -0.25) is 4.79 Å². The molecule has 0 fully saturated rings. The first-order valence-corrected chi connectivity index (χ1v) is 9.69. The molecule has 5 heteroatoms. The SMILES string of the molecule is Cc1ccc(-c2cnn3cc4c(nc23)CC(c2cccc(Cl)c2)CC4=O)cc1. The van der Waals surface area contributed by atoms with E-state index in [2.05, 4.69) is 36.3 Å². The summed E-state index contributed by atoms with van der Waals surface area (Å²) in [6.45, 7) is 2.07. The zero-order chi connectivity index (χ0) is 19.3. The minimum Gasteiger partial charge on any atom is -0.294 e. The highest BCUT2D eigenvalue weighted by Crippen LogP contribution is 2.34. The number of hydrogen-bond donors (Lipinski definition) is 0. The third-order valence-electron chi connectivity index (χ3n) is 5.43. The zero-order valence-electron chi connectivity index (χ0n) is 15.4. The van der Waals surface area contributed by atoms with E-state index in [1.165, 1.54) is 5.56 Å². The Balaban J connectivity index is 1.59. The van der Waals surface area contributed by atoms with Crippen LogP contribution in [0.4, 0.5) is 0 Å². The lowest BCUT2D eigenvalue weighted by Gasteiger charge is -2.23. The molecular weight excluding hydrogens is 370 g/mol. The average molecular weight is 388 g/mol. The lowest BCUT2D eigenvalue weighted by Crippen LogP contribution is -2.21. The van der Waals surface area contributed by atoms with Crippen LogP contribution in [0.1, 0.15) is 39.5 Å². The molecule has 0 amide bonds. The van der Waals surface area contributed by atoms with Crippen LogP contribution in [-0.4, -0.2) is 20.4 Å². The average Bonchev–Trinajstić information content (AvgIpc) is 3.10. The number of fused-ring (bicyclic) bond motifs is 2. The molecule has 5 rings (SSSR count). The van der Waals surface area contributed by atoms with Crippen molar-refractivity contribution < 1.29 is 4.79 Å². The second-order valence-corrected chi connectivity index (χ2v) is 7.81. The van der Waals surface area contributed by atoms with Crippen LogP contribution in [-0.2, 0) is 6.42 Å². The first kappa shape index (κ1) is 17.1. The van der Waals surface area contributed by atoms with Crippen molar-refractivity contribution in [2.24, 2.45) is 0 Å². The van der Waals surface area contributed by atoms with Crippen molar-refractivity contribution in [3.8, 4) is 11.1 Å². The summed E-state index contributed by atoms with van der Waals surface area (Å²) >= 11 is 6.15. The molecule has 2 aromatic heterocycles. The number of Topliss-reactive ketones (excluding diaryl/α,β-unsaturated/α-hetero) is 1. The lowest BCUT2D eigenvalue weighted by molar-refractivity contribution is 0.0962. The van der Waals surface area contributed by atoms with Crippen LogP contribution in [0.3, 0.4) is 0 Å². The number of nitrogens with zero attached hydrogens (tertiary/aromatic N) is 3. The second-order valence-electron chi connectivity index (χ2n) is 7.38. The molecule has 0 bridgehead atoms. The van der Waals surface area contributed by atoms with E-state index in [-0.39, 0.29) is 11.7 Å². The van der Waals surface area contributed by atoms with Crippen LogP contribution >= 0.6 is 11.6 Å². The summed E-state index contributed by atoms with van der Waals surface area (Å²) in [5.74, 6) is 0.201. The van der Waals surface area contributed by atoms with Gasteiger partial charge in [0.25, 0.3) is 0 Å². The maximum atomic E-state index is 12.8. The third-order valence-corrected chi connectivity index (χ3v) is 5.66. The molecule has 4 nitrogen and oxygen atoms in total. The monoisotopic (exact) mass is 387 g/mol. The fourth-order valence-electron chi connectivity index (χ4n) is 3.91. The smallest absolute Gasteiger partial charge is 0.166 e. The fourth-order valence-corrected chi connectivity index (χ4v) is 4.11. The van der Waals surface area contributed by atoms with Gasteiger partial charge in [0, 0.05) is 23.2 Å². The Morgan fingerprint density at radius 1 is 1.07 bits per heavy atom. The Labute approximate surface area is 167 Å². The number of aryl methyl sites for hydroxylation is 1. The van der Waals surface area contributed by atoms with Crippen molar-refractivity contribution in [1.82, 2.24) is 14.6 Å². The van der Waals surface area contributed by atoms with Gasteiger partial charge in [-0.25, -0.2) is 9.50 Å². The number of aromatic nitrogens is 3. The summed E-state index contributed by atoms with van der Waals surface area (Å²) in [5, 5.41) is 5.12. The summed E-state index contributed by atoms with van der Waals surface area (Å²) in [4.78, 5) is 17.7. The van der Waals surface area contributed by atoms with Crippen LogP contribution in [0.15, 0.2) is 60.9 Å². The maximum Gasteiger partial charge on any atom is 0.166 e. The van der Waals surface area contributed by atoms with Crippen LogP contribution in [0.5, 0.6) is 0 Å². The molecule has 2 heterocycles. The molecule has 0 spiro atoms. The molecule has 0 aliphatic heterocycles. The predicted molar refractivity (Wildman–Crippen MR) is 110 cm³/mol. The Kier molecular flexibility index (Phi) is 4.02. The highest BCUT2D eigenvalue weighted by atomic mass is 35.5. The van der Waals surface area contributed by atoms with Gasteiger partial charge in [0.1, 0.15) is 0 Å². The molecule has 0 N–H and O–H groups in total. The van der Waals surface area contributed by atoms with Crippen molar-refractivity contribution in [1.29, 1.82) is 0 Å². The molecule has 1 atom stereocenters. The first-order valence-electron chi connectivity index (χ1n) is 9.31. The van der Waals surface area contributed by atoms with Gasteiger partial charge in [0.05, 0.1) is 17.5 Å². The number of carbonyl (C=O) groups is 1. The van der Waals surface area contributed by atoms with Crippen LogP contribution < -0.4 is 0 Å². The van der Waals surface area contributed by atoms with Crippen molar-refractivity contribution in [2.75, 3.05) is 0 Å². The van der Waals surface area contributed by atoms with E-state index < -0.39 is 0 Å². The number of carbonyl (C=O) groups excluding carboxylic acids is 1. The van der Waals surface area contributed by atoms with Gasteiger partial charge < -0.3 is 0 Å². The highest BCUT2D eigenvalue weighted by molar-refractivity contribution is 6.30. The zero-order valence-corrected chi connectivity index (χ0v) is 16.1. The topological polar surface area (TPSA) is 47.3 Å². The molecule has 0 saturated carbocycles. The number of hydrogen-bond acceptors (Lipinski definition) is 3. The molecule has 1 aliphatic rings. The predicted octanol–water partition coefficient (Wildman–Crippen LogP) is 5.27. The molecule has 138 valence electrons. The summed E-state index contributed by atoms with van der Waals surface area (Å²) in [7, 11) is 0. The van der Waals surface area contributed by atoms with E-state index in [9.17, 15) is 4.79 Å². The molecule has 1 aliphatic carbocycles. The lowest BCUT2D eigenvalue weighted by atomic mass is 9.82. The van der Waals surface area contributed by atoms with E-state index in [1.807, 2.05) is 36.7 Å². The Bertz CT molecular complexity index is 1210. The minimum atomic E-state index is 0.0967. The van der Waals surface area contributed by atoms with Crippen molar-refractivity contribution >= 4 is 23.0 Å². The molecule has 2 aromatic carbocycles. The van der Waals surface area contributed by atoms with E-state index >= 15 is 0 Å². The first-order chi connectivity index (χ1) is 13.6. The van der Waals surface area contributed by atoms with Crippen LogP contribution in [0, 0.1) is 6.92 Å². The van der Waals surface area contributed by atoms with E-state index in [0.29, 0.717) is 17.0 Å². The quantitative estimate of drug-likeness (QED) is 0.470. The molecule has 1 unspecified atom stereocenters. The number of benzene rings is 2. The Hall–Kier alpha value is -2.98. The van der Waals surface area contributed by atoms with Gasteiger partial charge in [-0.05, 0) is 42.5 Å². The molecule has 0 saturated heterocycles. The number of halogens is 1. The van der Waals surface area contributed by atoms with Crippen LogP contribution in [0.25, 0.3) is 16.8 Å². The third kappa shape index (κ3) is 2.90. The second kappa shape index (κ2) is 6.57. The van der Waals surface area contributed by atoms with Crippen molar-refractivity contribution in [2.45, 2.75) is 25.7 Å². The van der Waals surface area contributed by atoms with Gasteiger partial charge in [-0.1, -0.05) is 53.6 Å². The maximum absolute atomic E-state index is 12.8. The molecule has 28 heavy (non-hydrogen) atoms. The normalized spacial score (nSPS) is 16.4. The Morgan fingerprint density at radius 3 is 2.68 bits per heavy atom. The summed E-state index contributed by atoms with van der Waals surface area (Å²) in [5.41, 5.74) is 6.62. The van der Waals surface area contributed by atoms with E-state index in [1.54, 1.807) is 4.52 Å². The summed E-state index contributed by atoms with van der Waals surface area (Å²) < 4.78 is 1.71. The summed E-state index contributed by atoms with van der Waals surface area (Å²) in [6.07, 6.45) is 4.83. The van der Waals surface area contributed by atoms with Crippen molar-refractivity contribution in [3.63, 3.8) is 0 Å². The van der Waals surface area contributed by atoms with Gasteiger partial charge in [0.15, 0.2) is 11.4 Å². The fraction of sp³-hybridized carbons (Fsp3) is 0.174. The minimum absolute atomic E-state index is 0.0967. The van der Waals surface area contributed by atoms with Crippen LogP contribution in [0.2, 0.25) is 5.02 Å². The van der Waals surface area contributed by atoms with Crippen molar-refractivity contribution in [3.05, 3.63) is 88.3 Å². The van der Waals surface area contributed by atoms with Gasteiger partial charge >= 0.3 is 0 Å². The highest BCUT2D eigenvalue weighted by Gasteiger charge is 2.28. The number of rotatable bonds is 2. The van der Waals surface area contributed by atoms with Gasteiger partial charge in [-0.2, -0.15) is 5.10 Å². The molecule has 0 radical (unpaired) electrons. The largest absolute Gasteiger partial charge is 0.294 e. The van der Waals surface area contributed by atoms with Gasteiger partial charge in [-0.15, -0.1) is 0 Å². The molecular formula is C23H18ClN3O. The standard InChI is InChI=1S/C23H18ClN3O/c1-14-5-7-15(8-6-14)19-12-25-27-13-20-21(26-23(19)27)10-17(11-22(20)28)16-3-2-4-18(24)9-16/h2-9,12-13,17H,10-11H2,1H3. The molecule has 4 aromatic rings. The van der Waals surface area contributed by atoms with E-state index in [0.717, 1.165) is 34.5 Å². The summed E-state index contributed by atoms with van der Waals surface area (Å²) in [6, 6.07) is 16.1. The number of ketones is 1. The van der Waals surface area contributed by atoms with Gasteiger partial charge in [0.2, 0.25) is 0 Å². The van der Waals surface area contributed by atoms with E-state index in [4.69, 9.17) is 16.6 Å².